The number of aromatic nitrogens is 1. The Balaban J connectivity index is 1.18. The highest BCUT2D eigenvalue weighted by Gasteiger charge is 2.26. The Hall–Kier alpha value is -7.62. The van der Waals surface area contributed by atoms with E-state index < -0.39 is 0 Å². The summed E-state index contributed by atoms with van der Waals surface area (Å²) in [5.41, 5.74) is 13.6. The number of rotatable bonds is 6. The first-order chi connectivity index (χ1) is 30.6. The highest BCUT2D eigenvalue weighted by Crippen LogP contribution is 2.48. The van der Waals surface area contributed by atoms with E-state index in [0.717, 1.165) is 61.8 Å². The van der Waals surface area contributed by atoms with Crippen LogP contribution in [0.15, 0.2) is 198 Å². The first-order valence-electron chi connectivity index (χ1n) is 21.8. The summed E-state index contributed by atoms with van der Waals surface area (Å²) >= 11 is 0. The summed E-state index contributed by atoms with van der Waals surface area (Å²) in [6.07, 6.45) is 12.1. The van der Waals surface area contributed by atoms with Gasteiger partial charge in [-0.15, -0.1) is 0 Å². The van der Waals surface area contributed by atoms with E-state index in [1.807, 2.05) is 0 Å². The van der Waals surface area contributed by atoms with Crippen molar-refractivity contribution in [2.75, 3.05) is 4.90 Å². The lowest BCUT2D eigenvalue weighted by atomic mass is 9.91. The van der Waals surface area contributed by atoms with Crippen molar-refractivity contribution in [2.24, 2.45) is 5.92 Å². The second-order valence-electron chi connectivity index (χ2n) is 16.9. The van der Waals surface area contributed by atoms with Crippen LogP contribution >= 0.6 is 0 Å². The maximum absolute atomic E-state index is 6.97. The van der Waals surface area contributed by atoms with E-state index in [1.165, 1.54) is 65.7 Å². The van der Waals surface area contributed by atoms with Crippen molar-refractivity contribution in [3.05, 3.63) is 205 Å². The summed E-state index contributed by atoms with van der Waals surface area (Å²) in [5, 5.41) is 12.2. The molecule has 0 aliphatic heterocycles. The number of aryl methyl sites for hydroxylation is 1. The smallest absolute Gasteiger partial charge is 0.145 e. The lowest BCUT2D eigenvalue weighted by Crippen LogP contribution is -2.19. The molecule has 0 radical (unpaired) electrons. The quantitative estimate of drug-likeness (QED) is 0.156. The lowest BCUT2D eigenvalue weighted by Gasteiger charge is -2.30. The van der Waals surface area contributed by atoms with Gasteiger partial charge in [0.1, 0.15) is 11.2 Å². The standard InChI is InChI=1S/C59H44N2O/c1-4-15-39-27-33-54-56(38(39)3)57-58(61(54)43-30-28-42(29-31-43)60(41-17-6-5-7-18-41)44-19-14-16-37(2)34-44)51(36-53-50-24-12-13-25-55(50)62-59(53)57)40-26-32-49-47-22-9-8-20-45(47)46-21-10-11-23-48(46)52(49)35-40/h4-33,35-37H,34H2,1-3H3/b15-4-. The summed E-state index contributed by atoms with van der Waals surface area (Å²) in [6.45, 7) is 6.65. The Labute approximate surface area is 360 Å². The third-order valence-electron chi connectivity index (χ3n) is 13.2. The van der Waals surface area contributed by atoms with Crippen molar-refractivity contribution < 1.29 is 4.42 Å². The molecular weight excluding hydrogens is 753 g/mol. The molecular formula is C59H44N2O. The first-order valence-corrected chi connectivity index (χ1v) is 21.8. The van der Waals surface area contributed by atoms with Crippen LogP contribution in [-0.2, 0) is 0 Å². The van der Waals surface area contributed by atoms with Gasteiger partial charge in [-0.3, -0.25) is 0 Å². The fourth-order valence-electron chi connectivity index (χ4n) is 10.4. The summed E-state index contributed by atoms with van der Waals surface area (Å²) in [6, 6.07) is 60.2. The predicted octanol–water partition coefficient (Wildman–Crippen LogP) is 16.8. The van der Waals surface area contributed by atoms with Crippen LogP contribution in [0, 0.1) is 12.8 Å². The molecule has 12 rings (SSSR count). The molecule has 0 amide bonds. The van der Waals surface area contributed by atoms with Gasteiger partial charge in [-0.05, 0) is 142 Å². The molecule has 1 atom stereocenters. The summed E-state index contributed by atoms with van der Waals surface area (Å²) in [7, 11) is 0. The van der Waals surface area contributed by atoms with Gasteiger partial charge in [-0.25, -0.2) is 0 Å². The minimum Gasteiger partial charge on any atom is -0.455 e. The van der Waals surface area contributed by atoms with Crippen molar-refractivity contribution in [1.29, 1.82) is 0 Å². The molecule has 0 fully saturated rings. The number of benzene rings is 9. The maximum atomic E-state index is 6.97. The van der Waals surface area contributed by atoms with Gasteiger partial charge in [0, 0.05) is 44.5 Å². The third kappa shape index (κ3) is 5.51. The molecule has 1 aliphatic rings. The number of furan rings is 1. The number of hydrogen-bond donors (Lipinski definition) is 0. The average molecular weight is 797 g/mol. The Kier molecular flexibility index (Phi) is 8.33. The molecule has 0 N–H and O–H groups in total. The molecule has 2 heterocycles. The van der Waals surface area contributed by atoms with Crippen LogP contribution in [0.5, 0.6) is 0 Å². The van der Waals surface area contributed by atoms with Gasteiger partial charge in [0.15, 0.2) is 0 Å². The summed E-state index contributed by atoms with van der Waals surface area (Å²) < 4.78 is 9.46. The zero-order valence-corrected chi connectivity index (χ0v) is 35.1. The van der Waals surface area contributed by atoms with E-state index >= 15 is 0 Å². The van der Waals surface area contributed by atoms with Gasteiger partial charge in [-0.2, -0.15) is 0 Å². The SMILES string of the molecule is C/C=C\c1ccc2c(c1C)c1c3oc4ccccc4c3cc(-c3ccc4c5ccccc5c5ccccc5c4c3)c1n2-c1ccc(N(C2=CC=CC(C)C2)c2ccccc2)cc1. The van der Waals surface area contributed by atoms with Gasteiger partial charge >= 0.3 is 0 Å². The van der Waals surface area contributed by atoms with Crippen LogP contribution in [0.3, 0.4) is 0 Å². The van der Waals surface area contributed by atoms with E-state index in [9.17, 15) is 0 Å². The van der Waals surface area contributed by atoms with Crippen molar-refractivity contribution in [3.8, 4) is 16.8 Å². The van der Waals surface area contributed by atoms with Crippen LogP contribution in [0.25, 0.3) is 99.0 Å². The van der Waals surface area contributed by atoms with Crippen molar-refractivity contribution in [2.45, 2.75) is 27.2 Å². The van der Waals surface area contributed by atoms with Gasteiger partial charge in [0.25, 0.3) is 0 Å². The number of fused-ring (bicyclic) bond motifs is 13. The second kappa shape index (κ2) is 14.2. The third-order valence-corrected chi connectivity index (χ3v) is 13.2. The van der Waals surface area contributed by atoms with E-state index in [2.05, 4.69) is 224 Å². The second-order valence-corrected chi connectivity index (χ2v) is 16.9. The average Bonchev–Trinajstić information content (AvgIpc) is 3.87. The topological polar surface area (TPSA) is 21.3 Å². The first kappa shape index (κ1) is 36.2. The normalized spacial score (nSPS) is 14.4. The van der Waals surface area contributed by atoms with Crippen molar-refractivity contribution in [3.63, 3.8) is 0 Å². The van der Waals surface area contributed by atoms with E-state index in [1.54, 1.807) is 0 Å². The molecule has 0 saturated heterocycles. The summed E-state index contributed by atoms with van der Waals surface area (Å²) in [5.74, 6) is 0.467. The van der Waals surface area contributed by atoms with E-state index in [-0.39, 0.29) is 0 Å². The fraction of sp³-hybridized carbons (Fsp3) is 0.0847. The van der Waals surface area contributed by atoms with Crippen LogP contribution in [0.2, 0.25) is 0 Å². The van der Waals surface area contributed by atoms with Gasteiger partial charge < -0.3 is 13.9 Å². The molecule has 0 bridgehead atoms. The molecule has 1 aliphatic carbocycles. The Morgan fingerprint density at radius 1 is 0.613 bits per heavy atom. The number of anilines is 2. The van der Waals surface area contributed by atoms with Crippen molar-refractivity contribution >= 4 is 93.5 Å². The van der Waals surface area contributed by atoms with Gasteiger partial charge in [0.05, 0.1) is 16.4 Å². The monoisotopic (exact) mass is 796 g/mol. The molecule has 0 spiro atoms. The molecule has 0 saturated carbocycles. The molecule has 9 aromatic carbocycles. The van der Waals surface area contributed by atoms with Crippen LogP contribution < -0.4 is 4.90 Å². The molecule has 11 aromatic rings. The van der Waals surface area contributed by atoms with Crippen molar-refractivity contribution in [1.82, 2.24) is 4.57 Å². The minimum atomic E-state index is 0.467. The van der Waals surface area contributed by atoms with Crippen LogP contribution in [-0.4, -0.2) is 4.57 Å². The molecule has 3 nitrogen and oxygen atoms in total. The van der Waals surface area contributed by atoms with E-state index in [0.29, 0.717) is 5.92 Å². The van der Waals surface area contributed by atoms with Gasteiger partial charge in [0.2, 0.25) is 0 Å². The molecule has 296 valence electrons. The maximum Gasteiger partial charge on any atom is 0.145 e. The van der Waals surface area contributed by atoms with Crippen LogP contribution in [0.4, 0.5) is 11.4 Å². The molecule has 62 heavy (non-hydrogen) atoms. The predicted molar refractivity (Wildman–Crippen MR) is 265 cm³/mol. The zero-order valence-electron chi connectivity index (χ0n) is 35.1. The Morgan fingerprint density at radius 2 is 1.26 bits per heavy atom. The number of nitrogens with zero attached hydrogens (tertiary/aromatic N) is 2. The number of allylic oxidation sites excluding steroid dienone is 5. The zero-order chi connectivity index (χ0) is 41.5. The van der Waals surface area contributed by atoms with E-state index in [4.69, 9.17) is 4.42 Å². The number of para-hydroxylation sites is 2. The highest BCUT2D eigenvalue weighted by molar-refractivity contribution is 6.29. The van der Waals surface area contributed by atoms with Crippen LogP contribution in [0.1, 0.15) is 31.4 Å². The van der Waals surface area contributed by atoms with Gasteiger partial charge in [-0.1, -0.05) is 134 Å². The Morgan fingerprint density at radius 3 is 1.97 bits per heavy atom. The minimum absolute atomic E-state index is 0.467. The number of hydrogen-bond acceptors (Lipinski definition) is 2. The molecule has 1 unspecified atom stereocenters. The highest BCUT2D eigenvalue weighted by atomic mass is 16.3. The molecule has 3 heteroatoms. The fourth-order valence-corrected chi connectivity index (χ4v) is 10.4. The largest absolute Gasteiger partial charge is 0.455 e. The Bertz CT molecular complexity index is 3660. The lowest BCUT2D eigenvalue weighted by molar-refractivity contribution is 0.673. The summed E-state index contributed by atoms with van der Waals surface area (Å²) in [4.78, 5) is 2.41. The molecule has 2 aromatic heterocycles.